The molecule has 0 radical (unpaired) electrons. The summed E-state index contributed by atoms with van der Waals surface area (Å²) in [6.45, 7) is 14.2. The zero-order valence-corrected chi connectivity index (χ0v) is 35.1. The largest absolute Gasteiger partial charge is 0.356 e. The van der Waals surface area contributed by atoms with Crippen LogP contribution < -0.4 is 22.0 Å². The van der Waals surface area contributed by atoms with Crippen LogP contribution in [0.2, 0.25) is 0 Å². The second-order valence-electron chi connectivity index (χ2n) is 15.2. The van der Waals surface area contributed by atoms with Crippen molar-refractivity contribution in [1.82, 2.24) is 49.8 Å². The molecule has 0 fully saturated rings. The number of likely N-dealkylation sites (N-methyl/N-ethyl adjacent to an activating group) is 1. The van der Waals surface area contributed by atoms with E-state index in [1.54, 1.807) is 49.6 Å². The lowest BCUT2D eigenvalue weighted by molar-refractivity contribution is -0.116. The van der Waals surface area contributed by atoms with Crippen LogP contribution in [-0.2, 0) is 42.6 Å². The summed E-state index contributed by atoms with van der Waals surface area (Å²) in [5, 5.41) is 12.3. The lowest BCUT2D eigenvalue weighted by atomic mass is 9.83. The Kier molecular flexibility index (Phi) is 13.1. The number of nitrogens with one attached hydrogen (secondary N) is 4. The van der Waals surface area contributed by atoms with Crippen LogP contribution in [0.4, 0.5) is 0 Å². The van der Waals surface area contributed by atoms with Crippen LogP contribution >= 0.6 is 0 Å². The molecule has 2 aromatic carbocycles. The molecule has 0 bridgehead atoms. The number of nitrogens with zero attached hydrogens (tertiary/aromatic N) is 6. The lowest BCUT2D eigenvalue weighted by Crippen LogP contribution is -2.27. The second-order valence-corrected chi connectivity index (χ2v) is 15.2. The van der Waals surface area contributed by atoms with Crippen molar-refractivity contribution in [3.05, 3.63) is 138 Å². The number of allylic oxidation sites excluding steroid dienone is 1. The maximum absolute atomic E-state index is 12.8. The number of hydrogen-bond donors (Lipinski definition) is 4. The molecule has 4 N–H and O–H groups in total. The van der Waals surface area contributed by atoms with E-state index in [1.807, 2.05) is 50.2 Å². The van der Waals surface area contributed by atoms with E-state index in [-0.39, 0.29) is 28.0 Å². The quantitative estimate of drug-likeness (QED) is 0.128. The predicted molar refractivity (Wildman–Crippen MR) is 230 cm³/mol. The van der Waals surface area contributed by atoms with Crippen LogP contribution in [0.1, 0.15) is 95.5 Å². The van der Waals surface area contributed by atoms with Crippen LogP contribution in [0.25, 0.3) is 33.0 Å². The predicted octanol–water partition coefficient (Wildman–Crippen LogP) is 6.02. The third-order valence-electron chi connectivity index (χ3n) is 10.2. The van der Waals surface area contributed by atoms with Crippen molar-refractivity contribution < 1.29 is 4.79 Å². The summed E-state index contributed by atoms with van der Waals surface area (Å²) in [7, 11) is 5.16. The molecule has 14 nitrogen and oxygen atoms in total. The molecule has 0 spiro atoms. The van der Waals surface area contributed by atoms with Gasteiger partial charge in [-0.15, -0.1) is 0 Å². The Morgan fingerprint density at radius 2 is 1.24 bits per heavy atom. The van der Waals surface area contributed by atoms with Crippen molar-refractivity contribution in [2.75, 3.05) is 7.05 Å². The molecule has 14 heteroatoms. The SMILES string of the molecule is C/C=C/C(=O)NC.CCCc1nn(C)c2c(=O)[nH]c(C(C)(C)c3ccc4[nH]c(=O)ccc4c3)nc12.CCCc1nn(C)c2c(=O)[nH]c(C(C)(C)c3ccccc3)nc12. The Bertz CT molecular complexity index is 2770. The van der Waals surface area contributed by atoms with Gasteiger partial charge in [-0.25, -0.2) is 9.97 Å². The van der Waals surface area contributed by atoms with Crippen LogP contribution in [0.15, 0.2) is 87.2 Å². The summed E-state index contributed by atoms with van der Waals surface area (Å²) < 4.78 is 3.24. The van der Waals surface area contributed by atoms with E-state index in [1.165, 1.54) is 12.1 Å². The van der Waals surface area contributed by atoms with Crippen LogP contribution in [0.3, 0.4) is 0 Å². The number of hydrogen-bond acceptors (Lipinski definition) is 8. The van der Waals surface area contributed by atoms with Gasteiger partial charge in [0, 0.05) is 43.6 Å². The van der Waals surface area contributed by atoms with Gasteiger partial charge in [-0.3, -0.25) is 28.5 Å². The molecule has 0 aliphatic heterocycles. The zero-order chi connectivity index (χ0) is 42.4. The number of H-pyrrole nitrogens is 3. The Labute approximate surface area is 336 Å². The average molecular weight is 787 g/mol. The Morgan fingerprint density at radius 1 is 0.724 bits per heavy atom. The molecule has 5 heterocycles. The Balaban J connectivity index is 0.000000193. The average Bonchev–Trinajstić information content (AvgIpc) is 3.70. The van der Waals surface area contributed by atoms with E-state index in [0.717, 1.165) is 64.6 Å². The number of pyridine rings is 1. The molecule has 0 aliphatic carbocycles. The fourth-order valence-electron chi connectivity index (χ4n) is 6.80. The summed E-state index contributed by atoms with van der Waals surface area (Å²) in [6.07, 6.45) is 6.66. The smallest absolute Gasteiger partial charge is 0.277 e. The molecule has 0 saturated carbocycles. The topological polar surface area (TPSA) is 189 Å². The summed E-state index contributed by atoms with van der Waals surface area (Å²) in [5.74, 6) is 1.22. The first-order valence-corrected chi connectivity index (χ1v) is 19.5. The van der Waals surface area contributed by atoms with Gasteiger partial charge in [-0.2, -0.15) is 10.2 Å². The minimum atomic E-state index is -0.531. The van der Waals surface area contributed by atoms with Crippen LogP contribution in [0.5, 0.6) is 0 Å². The summed E-state index contributed by atoms with van der Waals surface area (Å²) in [5.41, 5.74) is 5.70. The van der Waals surface area contributed by atoms with Gasteiger partial charge in [0.1, 0.15) is 22.7 Å². The first-order chi connectivity index (χ1) is 27.6. The van der Waals surface area contributed by atoms with Gasteiger partial charge in [0.25, 0.3) is 11.1 Å². The number of aryl methyl sites for hydroxylation is 4. The molecule has 7 rings (SSSR count). The number of benzene rings is 2. The van der Waals surface area contributed by atoms with Gasteiger partial charge in [-0.05, 0) is 88.2 Å². The number of amides is 1. The zero-order valence-electron chi connectivity index (χ0n) is 35.1. The molecule has 0 atom stereocenters. The highest BCUT2D eigenvalue weighted by atomic mass is 16.1. The van der Waals surface area contributed by atoms with Gasteiger partial charge in [-0.1, -0.05) is 69.2 Å². The molecule has 58 heavy (non-hydrogen) atoms. The van der Waals surface area contributed by atoms with Crippen LogP contribution in [0, 0.1) is 0 Å². The van der Waals surface area contributed by atoms with E-state index in [9.17, 15) is 19.2 Å². The number of aromatic nitrogens is 9. The van der Waals surface area contributed by atoms with Crippen molar-refractivity contribution in [1.29, 1.82) is 0 Å². The monoisotopic (exact) mass is 786 g/mol. The van der Waals surface area contributed by atoms with E-state index in [2.05, 4.69) is 70.3 Å². The van der Waals surface area contributed by atoms with E-state index in [4.69, 9.17) is 9.97 Å². The fourth-order valence-corrected chi connectivity index (χ4v) is 6.80. The standard InChI is InChI=1S/C21H23N5O2.C18H22N4O.C5H9NO/c1-5-6-15-17-18(26(4)25-15)19(28)24-20(23-17)21(2,3)13-8-9-14-12(11-13)7-10-16(27)22-14;1-5-9-13-14-15(22(4)21-13)16(23)20-17(19-14)18(2,3)12-10-7-6-8-11-12;1-3-4-5(7)6-2/h7-11H,5-6H2,1-4H3,(H,22,27)(H,23,24,28);6-8,10-11H,5,9H2,1-4H3,(H,19,20,23);3-4H,1-2H3,(H,6,7)/b;;4-3+. The van der Waals surface area contributed by atoms with Gasteiger partial charge in [0.15, 0.2) is 11.0 Å². The minimum Gasteiger partial charge on any atom is -0.356 e. The maximum Gasteiger partial charge on any atom is 0.277 e. The van der Waals surface area contributed by atoms with Crippen LogP contribution in [-0.4, -0.2) is 57.4 Å². The number of rotatable bonds is 9. The highest BCUT2D eigenvalue weighted by Crippen LogP contribution is 2.32. The molecule has 0 aliphatic rings. The third-order valence-corrected chi connectivity index (χ3v) is 10.2. The Morgan fingerprint density at radius 3 is 1.71 bits per heavy atom. The van der Waals surface area contributed by atoms with Gasteiger partial charge in [0.2, 0.25) is 11.5 Å². The van der Waals surface area contributed by atoms with E-state index < -0.39 is 5.41 Å². The maximum atomic E-state index is 12.8. The molecular formula is C44H54N10O4. The van der Waals surface area contributed by atoms with Gasteiger partial charge < -0.3 is 20.3 Å². The van der Waals surface area contributed by atoms with Crippen molar-refractivity contribution >= 4 is 38.9 Å². The fraction of sp³-hybridized carbons (Fsp3) is 0.364. The van der Waals surface area contributed by atoms with Gasteiger partial charge in [0.05, 0.1) is 11.4 Å². The van der Waals surface area contributed by atoms with E-state index in [0.29, 0.717) is 28.2 Å². The molecule has 5 aromatic heterocycles. The highest BCUT2D eigenvalue weighted by Gasteiger charge is 2.29. The number of aromatic amines is 3. The first kappa shape index (κ1) is 42.7. The lowest BCUT2D eigenvalue weighted by Gasteiger charge is -2.24. The number of fused-ring (bicyclic) bond motifs is 3. The molecule has 0 saturated heterocycles. The molecule has 304 valence electrons. The number of carbonyl (C=O) groups is 1. The molecule has 7 aromatic rings. The Hall–Kier alpha value is -6.44. The summed E-state index contributed by atoms with van der Waals surface area (Å²) in [6, 6.07) is 19.3. The van der Waals surface area contributed by atoms with Crippen molar-refractivity contribution in [3.8, 4) is 0 Å². The highest BCUT2D eigenvalue weighted by molar-refractivity contribution is 5.87. The summed E-state index contributed by atoms with van der Waals surface area (Å²) >= 11 is 0. The second kappa shape index (κ2) is 17.8. The number of carbonyl (C=O) groups excluding carboxylic acids is 1. The molecule has 0 unspecified atom stereocenters. The minimum absolute atomic E-state index is 0.0532. The van der Waals surface area contributed by atoms with Crippen molar-refractivity contribution in [2.24, 2.45) is 14.1 Å². The molecular weight excluding hydrogens is 733 g/mol. The normalized spacial score (nSPS) is 11.8. The van der Waals surface area contributed by atoms with Crippen molar-refractivity contribution in [3.63, 3.8) is 0 Å². The summed E-state index contributed by atoms with van der Waals surface area (Å²) in [4.78, 5) is 65.4. The van der Waals surface area contributed by atoms with Crippen molar-refractivity contribution in [2.45, 2.75) is 85.0 Å². The van der Waals surface area contributed by atoms with E-state index >= 15 is 0 Å². The van der Waals surface area contributed by atoms with Gasteiger partial charge >= 0.3 is 0 Å². The third kappa shape index (κ3) is 8.90. The first-order valence-electron chi connectivity index (χ1n) is 19.5. The molecule has 1 amide bonds.